The van der Waals surface area contributed by atoms with Crippen LogP contribution < -0.4 is 11.1 Å². The van der Waals surface area contributed by atoms with Crippen molar-refractivity contribution < 1.29 is 14.3 Å². The molecule has 0 saturated carbocycles. The molecule has 0 saturated heterocycles. The topological polar surface area (TPSA) is 97.4 Å². The molecule has 1 aromatic carbocycles. The number of benzene rings is 1. The largest absolute Gasteiger partial charge is 0.378 e. The molecule has 0 aliphatic carbocycles. The minimum Gasteiger partial charge on any atom is -0.378 e. The zero-order chi connectivity index (χ0) is 14.6. The molecule has 0 aromatic heterocycles. The number of nitrogens with one attached hydrogen (secondary N) is 1. The Hall–Kier alpha value is -1.94. The molecule has 20 heavy (non-hydrogen) atoms. The lowest BCUT2D eigenvalue weighted by Gasteiger charge is -2.07. The lowest BCUT2D eigenvalue weighted by Crippen LogP contribution is -2.27. The van der Waals surface area contributed by atoms with Crippen LogP contribution in [0.5, 0.6) is 0 Å². The lowest BCUT2D eigenvalue weighted by molar-refractivity contribution is 0.0511. The van der Waals surface area contributed by atoms with E-state index in [-0.39, 0.29) is 5.91 Å². The van der Waals surface area contributed by atoms with E-state index in [1.54, 1.807) is 24.3 Å². The fraction of sp³-hybridized carbons (Fsp3) is 0.429. The van der Waals surface area contributed by atoms with Crippen molar-refractivity contribution in [3.8, 4) is 6.07 Å². The number of carbonyl (C=O) groups is 1. The summed E-state index contributed by atoms with van der Waals surface area (Å²) in [5, 5.41) is 11.5. The first-order chi connectivity index (χ1) is 9.77. The normalized spacial score (nSPS) is 10.0. The van der Waals surface area contributed by atoms with E-state index in [9.17, 15) is 4.79 Å². The molecule has 0 radical (unpaired) electrons. The van der Waals surface area contributed by atoms with Crippen LogP contribution in [-0.4, -0.2) is 45.4 Å². The van der Waals surface area contributed by atoms with Gasteiger partial charge in [-0.15, -0.1) is 0 Å². The van der Waals surface area contributed by atoms with E-state index in [1.807, 2.05) is 6.07 Å². The van der Waals surface area contributed by atoms with Gasteiger partial charge in [0.15, 0.2) is 0 Å². The number of rotatable bonds is 9. The van der Waals surface area contributed by atoms with Gasteiger partial charge in [0, 0.05) is 18.7 Å². The molecule has 3 N–H and O–H groups in total. The van der Waals surface area contributed by atoms with Gasteiger partial charge in [0.2, 0.25) is 0 Å². The van der Waals surface area contributed by atoms with Crippen molar-refractivity contribution in [1.82, 2.24) is 5.32 Å². The Balaban J connectivity index is 2.15. The van der Waals surface area contributed by atoms with E-state index in [2.05, 4.69) is 5.32 Å². The van der Waals surface area contributed by atoms with Crippen LogP contribution in [-0.2, 0) is 9.47 Å². The number of hydrogen-bond donors (Lipinski definition) is 2. The molecule has 6 heteroatoms. The van der Waals surface area contributed by atoms with Gasteiger partial charge in [0.25, 0.3) is 5.91 Å². The van der Waals surface area contributed by atoms with Crippen molar-refractivity contribution in [3.63, 3.8) is 0 Å². The molecule has 6 nitrogen and oxygen atoms in total. The summed E-state index contributed by atoms with van der Waals surface area (Å²) >= 11 is 0. The molecule has 0 aliphatic rings. The number of nitriles is 1. The molecule has 0 unspecified atom stereocenters. The summed E-state index contributed by atoms with van der Waals surface area (Å²) in [6.45, 7) is 2.81. The van der Waals surface area contributed by atoms with Crippen LogP contribution in [0.15, 0.2) is 24.3 Å². The van der Waals surface area contributed by atoms with Crippen LogP contribution in [0.25, 0.3) is 0 Å². The number of hydrogen-bond acceptors (Lipinski definition) is 5. The van der Waals surface area contributed by atoms with Crippen molar-refractivity contribution in [3.05, 3.63) is 35.4 Å². The van der Waals surface area contributed by atoms with E-state index >= 15 is 0 Å². The third-order valence-corrected chi connectivity index (χ3v) is 2.42. The van der Waals surface area contributed by atoms with Crippen LogP contribution in [0.1, 0.15) is 15.9 Å². The van der Waals surface area contributed by atoms with E-state index < -0.39 is 0 Å². The molecule has 1 amide bonds. The monoisotopic (exact) mass is 277 g/mol. The van der Waals surface area contributed by atoms with Crippen LogP contribution in [0.2, 0.25) is 0 Å². The second kappa shape index (κ2) is 9.92. The highest BCUT2D eigenvalue weighted by atomic mass is 16.5. The molecular weight excluding hydrogens is 258 g/mol. The Bertz CT molecular complexity index is 457. The first-order valence-electron chi connectivity index (χ1n) is 6.42. The van der Waals surface area contributed by atoms with Gasteiger partial charge in [-0.05, 0) is 18.2 Å². The van der Waals surface area contributed by atoms with Gasteiger partial charge in [-0.3, -0.25) is 4.79 Å². The first kappa shape index (κ1) is 16.1. The summed E-state index contributed by atoms with van der Waals surface area (Å²) in [5.41, 5.74) is 6.20. The lowest BCUT2D eigenvalue weighted by atomic mass is 10.1. The van der Waals surface area contributed by atoms with E-state index in [0.29, 0.717) is 50.6 Å². The van der Waals surface area contributed by atoms with E-state index in [4.69, 9.17) is 20.5 Å². The third-order valence-electron chi connectivity index (χ3n) is 2.42. The third kappa shape index (κ3) is 6.29. The summed E-state index contributed by atoms with van der Waals surface area (Å²) in [5.74, 6) is -0.218. The highest BCUT2D eigenvalue weighted by Gasteiger charge is 2.05. The highest BCUT2D eigenvalue weighted by molar-refractivity contribution is 5.94. The van der Waals surface area contributed by atoms with Crippen LogP contribution in [0, 0.1) is 11.3 Å². The van der Waals surface area contributed by atoms with Gasteiger partial charge in [-0.25, -0.2) is 0 Å². The molecule has 0 spiro atoms. The number of ether oxygens (including phenoxy) is 2. The summed E-state index contributed by atoms with van der Waals surface area (Å²) in [6, 6.07) is 8.55. The summed E-state index contributed by atoms with van der Waals surface area (Å²) in [6.07, 6.45) is 0. The molecule has 1 aromatic rings. The number of amides is 1. The molecule has 0 aliphatic heterocycles. The smallest absolute Gasteiger partial charge is 0.251 e. The van der Waals surface area contributed by atoms with Crippen molar-refractivity contribution in [1.29, 1.82) is 5.26 Å². The standard InChI is InChI=1S/C14H19N3O3/c15-4-6-19-8-9-20-7-5-17-14(18)13-3-1-2-12(10-13)11-16/h1-3,10H,4-9,15H2,(H,17,18). The molecule has 0 fully saturated rings. The minimum atomic E-state index is -0.218. The molecule has 0 atom stereocenters. The zero-order valence-electron chi connectivity index (χ0n) is 11.3. The predicted molar refractivity (Wildman–Crippen MR) is 74.2 cm³/mol. The van der Waals surface area contributed by atoms with Crippen molar-refractivity contribution in [2.45, 2.75) is 0 Å². The van der Waals surface area contributed by atoms with E-state index in [0.717, 1.165) is 0 Å². The van der Waals surface area contributed by atoms with Crippen molar-refractivity contribution in [2.24, 2.45) is 5.73 Å². The molecular formula is C14H19N3O3. The Morgan fingerprint density at radius 1 is 1.25 bits per heavy atom. The summed E-state index contributed by atoms with van der Waals surface area (Å²) in [7, 11) is 0. The quantitative estimate of drug-likeness (QED) is 0.632. The van der Waals surface area contributed by atoms with Gasteiger partial charge in [0.05, 0.1) is 38.1 Å². The Kier molecular flexibility index (Phi) is 7.99. The van der Waals surface area contributed by atoms with Gasteiger partial charge in [-0.2, -0.15) is 5.26 Å². The Morgan fingerprint density at radius 3 is 2.70 bits per heavy atom. The second-order valence-corrected chi connectivity index (χ2v) is 3.96. The summed E-state index contributed by atoms with van der Waals surface area (Å²) < 4.78 is 10.4. The van der Waals surface area contributed by atoms with Crippen molar-refractivity contribution >= 4 is 5.91 Å². The SMILES string of the molecule is N#Cc1cccc(C(=O)NCCOCCOCCN)c1. The fourth-order valence-corrected chi connectivity index (χ4v) is 1.47. The molecule has 0 bridgehead atoms. The Morgan fingerprint density at radius 2 is 2.00 bits per heavy atom. The first-order valence-corrected chi connectivity index (χ1v) is 6.42. The number of nitrogens with zero attached hydrogens (tertiary/aromatic N) is 1. The number of carbonyl (C=O) groups excluding carboxylic acids is 1. The van der Waals surface area contributed by atoms with Crippen molar-refractivity contribution in [2.75, 3.05) is 39.5 Å². The average Bonchev–Trinajstić information content (AvgIpc) is 2.49. The molecule has 0 heterocycles. The maximum atomic E-state index is 11.8. The summed E-state index contributed by atoms with van der Waals surface area (Å²) in [4.78, 5) is 11.8. The van der Waals surface area contributed by atoms with Gasteiger partial charge in [-0.1, -0.05) is 6.07 Å². The minimum absolute atomic E-state index is 0.218. The van der Waals surface area contributed by atoms with E-state index in [1.165, 1.54) is 0 Å². The van der Waals surface area contributed by atoms with Crippen LogP contribution in [0.4, 0.5) is 0 Å². The Labute approximate surface area is 118 Å². The molecule has 108 valence electrons. The highest BCUT2D eigenvalue weighted by Crippen LogP contribution is 2.03. The average molecular weight is 277 g/mol. The maximum Gasteiger partial charge on any atom is 0.251 e. The van der Waals surface area contributed by atoms with Crippen LogP contribution >= 0.6 is 0 Å². The zero-order valence-corrected chi connectivity index (χ0v) is 11.3. The second-order valence-electron chi connectivity index (χ2n) is 3.96. The van der Waals surface area contributed by atoms with Gasteiger partial charge >= 0.3 is 0 Å². The predicted octanol–water partition coefficient (Wildman–Crippen LogP) is 0.280. The molecule has 1 rings (SSSR count). The fourth-order valence-electron chi connectivity index (χ4n) is 1.47. The van der Waals surface area contributed by atoms with Gasteiger partial charge < -0.3 is 20.5 Å². The van der Waals surface area contributed by atoms with Gasteiger partial charge in [0.1, 0.15) is 0 Å². The number of nitrogens with two attached hydrogens (primary N) is 1. The maximum absolute atomic E-state index is 11.8. The van der Waals surface area contributed by atoms with Crippen LogP contribution in [0.3, 0.4) is 0 Å².